The lowest BCUT2D eigenvalue weighted by atomic mass is 9.97. The maximum atomic E-state index is 13.3. The van der Waals surface area contributed by atoms with E-state index in [4.69, 9.17) is 5.11 Å². The first-order valence-corrected chi connectivity index (χ1v) is 7.98. The number of rotatable bonds is 9. The highest BCUT2D eigenvalue weighted by molar-refractivity contribution is 5.95. The lowest BCUT2D eigenvalue weighted by Gasteiger charge is -2.15. The van der Waals surface area contributed by atoms with Crippen LogP contribution in [0.4, 0.5) is 8.78 Å². The minimum absolute atomic E-state index is 0.0979. The van der Waals surface area contributed by atoms with E-state index in [2.05, 4.69) is 10.4 Å². The Kier molecular flexibility index (Phi) is 7.31. The van der Waals surface area contributed by atoms with Gasteiger partial charge >= 0.3 is 5.97 Å². The average molecular weight is 345 g/mol. The van der Waals surface area contributed by atoms with Crippen LogP contribution in [0.2, 0.25) is 0 Å². The van der Waals surface area contributed by atoms with Crippen LogP contribution in [0.15, 0.2) is 6.20 Å². The van der Waals surface area contributed by atoms with Crippen molar-refractivity contribution in [3.8, 4) is 0 Å². The summed E-state index contributed by atoms with van der Waals surface area (Å²) in [6.45, 7) is 7.65. The van der Waals surface area contributed by atoms with Gasteiger partial charge in [0.15, 0.2) is 0 Å². The van der Waals surface area contributed by atoms with Gasteiger partial charge in [-0.2, -0.15) is 5.10 Å². The summed E-state index contributed by atoms with van der Waals surface area (Å²) >= 11 is 0. The van der Waals surface area contributed by atoms with Crippen molar-refractivity contribution in [2.75, 3.05) is 6.54 Å². The van der Waals surface area contributed by atoms with Crippen LogP contribution in [-0.4, -0.2) is 33.3 Å². The highest BCUT2D eigenvalue weighted by Gasteiger charge is 2.26. The molecule has 0 aliphatic heterocycles. The Morgan fingerprint density at radius 3 is 2.33 bits per heavy atom. The van der Waals surface area contributed by atoms with Crippen molar-refractivity contribution in [3.05, 3.63) is 17.5 Å². The molecule has 1 amide bonds. The van der Waals surface area contributed by atoms with Crippen LogP contribution in [0.3, 0.4) is 0 Å². The van der Waals surface area contributed by atoms with Crippen molar-refractivity contribution < 1.29 is 23.5 Å². The predicted molar refractivity (Wildman–Crippen MR) is 84.9 cm³/mol. The lowest BCUT2D eigenvalue weighted by Crippen LogP contribution is -2.34. The summed E-state index contributed by atoms with van der Waals surface area (Å²) in [5, 5.41) is 15.5. The molecule has 1 unspecified atom stereocenters. The molecular formula is C16H25F2N3O3. The van der Waals surface area contributed by atoms with Crippen LogP contribution < -0.4 is 5.32 Å². The zero-order valence-corrected chi connectivity index (χ0v) is 14.4. The topological polar surface area (TPSA) is 84.2 Å². The fourth-order valence-corrected chi connectivity index (χ4v) is 2.44. The zero-order valence-electron chi connectivity index (χ0n) is 14.4. The number of nitrogens with zero attached hydrogens (tertiary/aromatic N) is 2. The highest BCUT2D eigenvalue weighted by Crippen LogP contribution is 2.24. The Hall–Kier alpha value is -1.99. The number of carbonyl (C=O) groups is 2. The summed E-state index contributed by atoms with van der Waals surface area (Å²) in [5.74, 6) is -2.26. The van der Waals surface area contributed by atoms with Crippen molar-refractivity contribution in [3.63, 3.8) is 0 Å². The van der Waals surface area contributed by atoms with Gasteiger partial charge in [-0.3, -0.25) is 14.3 Å². The van der Waals surface area contributed by atoms with Gasteiger partial charge in [-0.1, -0.05) is 27.7 Å². The van der Waals surface area contributed by atoms with E-state index in [9.17, 15) is 18.4 Å². The number of aliphatic carboxylic acids is 1. The molecule has 6 nitrogen and oxygen atoms in total. The van der Waals surface area contributed by atoms with Gasteiger partial charge in [0.2, 0.25) is 0 Å². The van der Waals surface area contributed by atoms with Crippen LogP contribution in [0.1, 0.15) is 56.6 Å². The molecule has 1 aromatic heterocycles. The first kappa shape index (κ1) is 20.1. The van der Waals surface area contributed by atoms with Crippen molar-refractivity contribution in [2.24, 2.45) is 17.8 Å². The molecule has 1 aromatic rings. The van der Waals surface area contributed by atoms with Crippen molar-refractivity contribution in [1.29, 1.82) is 0 Å². The first-order valence-electron chi connectivity index (χ1n) is 7.98. The smallest absolute Gasteiger partial charge is 0.308 e. The molecule has 0 spiro atoms. The lowest BCUT2D eigenvalue weighted by molar-refractivity contribution is -0.142. The van der Waals surface area contributed by atoms with Gasteiger partial charge in [-0.15, -0.1) is 0 Å². The number of carboxylic acids is 1. The molecule has 0 radical (unpaired) electrons. The molecule has 2 N–H and O–H groups in total. The molecule has 0 fully saturated rings. The number of nitrogens with one attached hydrogen (secondary N) is 1. The molecule has 1 atom stereocenters. The predicted octanol–water partition coefficient (Wildman–Crippen LogP) is 2.95. The van der Waals surface area contributed by atoms with Gasteiger partial charge in [-0.05, 0) is 18.3 Å². The van der Waals surface area contributed by atoms with Crippen LogP contribution in [0.25, 0.3) is 0 Å². The van der Waals surface area contributed by atoms with Crippen molar-refractivity contribution in [1.82, 2.24) is 15.1 Å². The molecule has 8 heteroatoms. The molecule has 0 saturated heterocycles. The molecule has 0 aliphatic carbocycles. The molecule has 24 heavy (non-hydrogen) atoms. The Labute approximate surface area is 140 Å². The van der Waals surface area contributed by atoms with E-state index < -0.39 is 29.9 Å². The number of carbonyl (C=O) groups excluding carboxylic acids is 1. The van der Waals surface area contributed by atoms with Gasteiger partial charge in [0.25, 0.3) is 12.3 Å². The Morgan fingerprint density at radius 2 is 1.88 bits per heavy atom. The molecule has 1 heterocycles. The Bertz CT molecular complexity index is 571. The van der Waals surface area contributed by atoms with E-state index >= 15 is 0 Å². The third-order valence-corrected chi connectivity index (χ3v) is 3.48. The maximum Gasteiger partial charge on any atom is 0.308 e. The van der Waals surface area contributed by atoms with E-state index in [0.717, 1.165) is 10.9 Å². The molecule has 0 aliphatic rings. The largest absolute Gasteiger partial charge is 0.481 e. The maximum absolute atomic E-state index is 13.3. The van der Waals surface area contributed by atoms with E-state index in [0.29, 0.717) is 6.42 Å². The molecular weight excluding hydrogens is 320 g/mol. The number of hydrogen-bond donors (Lipinski definition) is 2. The highest BCUT2D eigenvalue weighted by atomic mass is 19.3. The summed E-state index contributed by atoms with van der Waals surface area (Å²) < 4.78 is 27.7. The zero-order chi connectivity index (χ0) is 18.4. The molecule has 0 bridgehead atoms. The summed E-state index contributed by atoms with van der Waals surface area (Å²) in [6, 6.07) is 0. The first-order chi connectivity index (χ1) is 11.1. The summed E-state index contributed by atoms with van der Waals surface area (Å²) in [6.07, 6.45) is -1.33. The number of carboxylic acid groups (broad SMARTS) is 1. The Morgan fingerprint density at radius 1 is 1.25 bits per heavy atom. The van der Waals surface area contributed by atoms with Crippen LogP contribution >= 0.6 is 0 Å². The van der Waals surface area contributed by atoms with E-state index in [1.165, 1.54) is 0 Å². The SMILES string of the molecule is CC(C)CC(CNC(=O)c1cnn(CC(C)C)c1C(F)F)C(=O)O. The number of aromatic nitrogens is 2. The second-order valence-electron chi connectivity index (χ2n) is 6.69. The van der Waals surface area contributed by atoms with E-state index in [1.807, 2.05) is 27.7 Å². The number of amides is 1. The number of hydrogen-bond acceptors (Lipinski definition) is 3. The summed E-state index contributed by atoms with van der Waals surface area (Å²) in [5.41, 5.74) is -0.642. The van der Waals surface area contributed by atoms with Gasteiger partial charge in [0.1, 0.15) is 5.69 Å². The number of alkyl halides is 2. The third kappa shape index (κ3) is 5.58. The third-order valence-electron chi connectivity index (χ3n) is 3.48. The van der Waals surface area contributed by atoms with Crippen LogP contribution in [0.5, 0.6) is 0 Å². The normalized spacial score (nSPS) is 12.9. The molecule has 0 aromatic carbocycles. The fraction of sp³-hybridized carbons (Fsp3) is 0.688. The second kappa shape index (κ2) is 8.75. The number of halogens is 2. The van der Waals surface area contributed by atoms with E-state index in [1.54, 1.807) is 0 Å². The van der Waals surface area contributed by atoms with Gasteiger partial charge in [-0.25, -0.2) is 8.78 Å². The molecule has 0 saturated carbocycles. The van der Waals surface area contributed by atoms with Crippen LogP contribution in [-0.2, 0) is 11.3 Å². The van der Waals surface area contributed by atoms with E-state index in [-0.39, 0.29) is 30.5 Å². The molecule has 1 rings (SSSR count). The average Bonchev–Trinajstić information content (AvgIpc) is 2.85. The van der Waals surface area contributed by atoms with Gasteiger partial charge in [0, 0.05) is 13.1 Å². The Balaban J connectivity index is 2.87. The monoisotopic (exact) mass is 345 g/mol. The summed E-state index contributed by atoms with van der Waals surface area (Å²) in [7, 11) is 0. The van der Waals surface area contributed by atoms with Gasteiger partial charge < -0.3 is 10.4 Å². The van der Waals surface area contributed by atoms with Gasteiger partial charge in [0.05, 0.1) is 17.7 Å². The minimum Gasteiger partial charge on any atom is -0.481 e. The standard InChI is InChI=1S/C16H25F2N3O3/c1-9(2)5-11(16(23)24)6-19-15(22)12-7-20-21(8-10(3)4)13(12)14(17)18/h7,9-11,14H,5-6,8H2,1-4H3,(H,19,22)(H,23,24). The van der Waals surface area contributed by atoms with Crippen LogP contribution in [0, 0.1) is 17.8 Å². The van der Waals surface area contributed by atoms with Crippen molar-refractivity contribution in [2.45, 2.75) is 47.1 Å². The minimum atomic E-state index is -2.84. The quantitative estimate of drug-likeness (QED) is 0.721. The van der Waals surface area contributed by atoms with Crippen molar-refractivity contribution >= 4 is 11.9 Å². The summed E-state index contributed by atoms with van der Waals surface area (Å²) in [4.78, 5) is 23.4. The second-order valence-corrected chi connectivity index (χ2v) is 6.69. The fourth-order valence-electron chi connectivity index (χ4n) is 2.44. The molecule has 136 valence electrons.